The summed E-state index contributed by atoms with van der Waals surface area (Å²) in [5.41, 5.74) is 11.3. The van der Waals surface area contributed by atoms with E-state index in [2.05, 4.69) is 5.43 Å². The van der Waals surface area contributed by atoms with Crippen LogP contribution in [0.5, 0.6) is 0 Å². The number of hydrazine groups is 1. The van der Waals surface area contributed by atoms with Crippen molar-refractivity contribution >= 4 is 23.8 Å². The molecule has 1 aliphatic rings. The Hall–Kier alpha value is -2.75. The Morgan fingerprint density at radius 2 is 1.76 bits per heavy atom. The van der Waals surface area contributed by atoms with Gasteiger partial charge < -0.3 is 10.5 Å². The van der Waals surface area contributed by atoms with Crippen molar-refractivity contribution in [2.24, 2.45) is 23.5 Å². The first-order chi connectivity index (χ1) is 16.2. The minimum Gasteiger partial charge on any atom is -0.381 e. The van der Waals surface area contributed by atoms with Crippen LogP contribution in [0.25, 0.3) is 6.08 Å². The van der Waals surface area contributed by atoms with Gasteiger partial charge in [-0.2, -0.15) is 0 Å². The standard InChI is InChI=1S/C25H38N4O5/c1-17(2)16-22(21(24(31)28-33)11-7-10-19-8-5-4-6-9-19)23(30)27-29(25(32)18(3)26)20-12-14-34-15-13-20/h4-10,17-18,20-22,33H,11-16,26H2,1-3H3,(H,27,30)(H,28,31)/b10-7+/t18-,21+,22-/m1/s1. The summed E-state index contributed by atoms with van der Waals surface area (Å²) in [6.07, 6.45) is 5.48. The molecule has 0 spiro atoms. The van der Waals surface area contributed by atoms with Gasteiger partial charge in [0.25, 0.3) is 5.91 Å². The Balaban J connectivity index is 2.26. The Bertz CT molecular complexity index is 822. The number of nitrogens with one attached hydrogen (secondary N) is 2. The molecule has 0 saturated carbocycles. The zero-order valence-electron chi connectivity index (χ0n) is 20.3. The van der Waals surface area contributed by atoms with Crippen molar-refractivity contribution in [1.29, 1.82) is 0 Å². The highest BCUT2D eigenvalue weighted by molar-refractivity contribution is 5.89. The number of hydrogen-bond donors (Lipinski definition) is 4. The van der Waals surface area contributed by atoms with Crippen molar-refractivity contribution < 1.29 is 24.3 Å². The summed E-state index contributed by atoms with van der Waals surface area (Å²) in [7, 11) is 0. The molecule has 3 amide bonds. The summed E-state index contributed by atoms with van der Waals surface area (Å²) in [5, 5.41) is 10.7. The highest BCUT2D eigenvalue weighted by atomic mass is 16.5. The van der Waals surface area contributed by atoms with Crippen LogP contribution in [0.1, 0.15) is 52.0 Å². The van der Waals surface area contributed by atoms with Gasteiger partial charge in [-0.05, 0) is 44.1 Å². The molecule has 1 aromatic rings. The quantitative estimate of drug-likeness (QED) is 0.304. The zero-order valence-corrected chi connectivity index (χ0v) is 20.3. The van der Waals surface area contributed by atoms with Crippen LogP contribution in [-0.4, -0.2) is 53.2 Å². The van der Waals surface area contributed by atoms with Crippen molar-refractivity contribution in [3.05, 3.63) is 42.0 Å². The van der Waals surface area contributed by atoms with Gasteiger partial charge in [0.2, 0.25) is 11.8 Å². The van der Waals surface area contributed by atoms with Crippen LogP contribution in [0.2, 0.25) is 0 Å². The van der Waals surface area contributed by atoms with E-state index in [4.69, 9.17) is 10.5 Å². The van der Waals surface area contributed by atoms with Crippen LogP contribution in [0.15, 0.2) is 36.4 Å². The third kappa shape index (κ3) is 8.23. The fourth-order valence-electron chi connectivity index (χ4n) is 4.10. The van der Waals surface area contributed by atoms with E-state index in [1.807, 2.05) is 56.3 Å². The average molecular weight is 475 g/mol. The second-order valence-corrected chi connectivity index (χ2v) is 9.18. The average Bonchev–Trinajstić information content (AvgIpc) is 2.84. The molecule has 2 rings (SSSR count). The third-order valence-corrected chi connectivity index (χ3v) is 5.91. The lowest BCUT2D eigenvalue weighted by molar-refractivity contribution is -0.151. The molecule has 0 radical (unpaired) electrons. The van der Waals surface area contributed by atoms with E-state index < -0.39 is 35.6 Å². The second kappa shape index (κ2) is 13.8. The Morgan fingerprint density at radius 3 is 2.32 bits per heavy atom. The summed E-state index contributed by atoms with van der Waals surface area (Å²) in [4.78, 5) is 38.9. The maximum absolute atomic E-state index is 13.5. The SMILES string of the molecule is CC(C)C[C@@H](C(=O)NN(C(=O)[C@@H](C)N)C1CCOCC1)[C@H](C/C=C/c1ccccc1)C(=O)NO. The molecule has 1 aliphatic heterocycles. The van der Waals surface area contributed by atoms with Gasteiger partial charge in [-0.1, -0.05) is 56.3 Å². The van der Waals surface area contributed by atoms with Crippen LogP contribution in [0.4, 0.5) is 0 Å². The molecule has 0 bridgehead atoms. The molecule has 3 atom stereocenters. The molecule has 0 unspecified atom stereocenters. The molecule has 34 heavy (non-hydrogen) atoms. The minimum atomic E-state index is -0.825. The zero-order chi connectivity index (χ0) is 25.1. The lowest BCUT2D eigenvalue weighted by Crippen LogP contribution is -2.59. The molecular formula is C25H38N4O5. The van der Waals surface area contributed by atoms with Gasteiger partial charge in [-0.25, -0.2) is 10.5 Å². The summed E-state index contributed by atoms with van der Waals surface area (Å²) in [6, 6.07) is 8.56. The number of carbonyl (C=O) groups excluding carboxylic acids is 3. The number of rotatable bonds is 10. The monoisotopic (exact) mass is 474 g/mol. The molecule has 188 valence electrons. The van der Waals surface area contributed by atoms with Gasteiger partial charge in [0.05, 0.1) is 23.9 Å². The highest BCUT2D eigenvalue weighted by Crippen LogP contribution is 2.26. The van der Waals surface area contributed by atoms with Gasteiger partial charge in [0.15, 0.2) is 0 Å². The molecule has 0 aliphatic carbocycles. The predicted molar refractivity (Wildman–Crippen MR) is 129 cm³/mol. The molecule has 1 fully saturated rings. The van der Waals surface area contributed by atoms with Crippen molar-refractivity contribution in [2.75, 3.05) is 13.2 Å². The Morgan fingerprint density at radius 1 is 1.12 bits per heavy atom. The molecule has 1 aromatic carbocycles. The number of nitrogens with zero attached hydrogens (tertiary/aromatic N) is 1. The van der Waals surface area contributed by atoms with Crippen LogP contribution in [0.3, 0.4) is 0 Å². The first-order valence-electron chi connectivity index (χ1n) is 11.9. The van der Waals surface area contributed by atoms with Crippen molar-refractivity contribution in [2.45, 2.75) is 58.5 Å². The highest BCUT2D eigenvalue weighted by Gasteiger charge is 2.37. The van der Waals surface area contributed by atoms with Crippen molar-refractivity contribution in [3.63, 3.8) is 0 Å². The number of hydroxylamine groups is 1. The van der Waals surface area contributed by atoms with Gasteiger partial charge in [-0.3, -0.25) is 25.0 Å². The smallest absolute Gasteiger partial charge is 0.257 e. The van der Waals surface area contributed by atoms with Crippen molar-refractivity contribution in [3.8, 4) is 0 Å². The molecular weight excluding hydrogens is 436 g/mol. The molecule has 5 N–H and O–H groups in total. The molecule has 1 saturated heterocycles. The Kier molecular flexibility index (Phi) is 11.2. The van der Waals surface area contributed by atoms with E-state index in [0.717, 1.165) is 5.56 Å². The number of benzene rings is 1. The lowest BCUT2D eigenvalue weighted by Gasteiger charge is -2.37. The van der Waals surface area contributed by atoms with Gasteiger partial charge >= 0.3 is 0 Å². The molecule has 9 heteroatoms. The van der Waals surface area contributed by atoms with E-state index in [1.165, 1.54) is 5.01 Å². The predicted octanol–water partition coefficient (Wildman–Crippen LogP) is 2.26. The Labute approximate surface area is 201 Å². The van der Waals surface area contributed by atoms with E-state index >= 15 is 0 Å². The summed E-state index contributed by atoms with van der Waals surface area (Å²) >= 11 is 0. The second-order valence-electron chi connectivity index (χ2n) is 9.18. The fourth-order valence-corrected chi connectivity index (χ4v) is 4.10. The first kappa shape index (κ1) is 27.5. The maximum atomic E-state index is 13.5. The van der Waals surface area contributed by atoms with E-state index in [1.54, 1.807) is 12.4 Å². The van der Waals surface area contributed by atoms with Gasteiger partial charge in [0, 0.05) is 13.2 Å². The minimum absolute atomic E-state index is 0.100. The summed E-state index contributed by atoms with van der Waals surface area (Å²) in [5.74, 6) is -2.98. The number of hydrogen-bond acceptors (Lipinski definition) is 6. The number of carbonyl (C=O) groups is 3. The molecule has 0 aromatic heterocycles. The molecule has 9 nitrogen and oxygen atoms in total. The topological polar surface area (TPSA) is 134 Å². The number of nitrogens with two attached hydrogens (primary N) is 1. The van der Waals surface area contributed by atoms with Crippen LogP contribution < -0.4 is 16.6 Å². The number of allylic oxidation sites excluding steroid dienone is 1. The summed E-state index contributed by atoms with van der Waals surface area (Å²) in [6.45, 7) is 6.45. The van der Waals surface area contributed by atoms with E-state index in [9.17, 15) is 19.6 Å². The first-order valence-corrected chi connectivity index (χ1v) is 11.9. The fraction of sp³-hybridized carbons (Fsp3) is 0.560. The number of amides is 3. The van der Waals surface area contributed by atoms with Crippen molar-refractivity contribution in [1.82, 2.24) is 15.9 Å². The van der Waals surface area contributed by atoms with Gasteiger partial charge in [-0.15, -0.1) is 0 Å². The van der Waals surface area contributed by atoms with Crippen LogP contribution >= 0.6 is 0 Å². The van der Waals surface area contributed by atoms with E-state index in [0.29, 0.717) is 32.5 Å². The lowest BCUT2D eigenvalue weighted by atomic mass is 9.82. The third-order valence-electron chi connectivity index (χ3n) is 5.91. The van der Waals surface area contributed by atoms with Crippen LogP contribution in [0, 0.1) is 17.8 Å². The van der Waals surface area contributed by atoms with Crippen LogP contribution in [-0.2, 0) is 19.1 Å². The van der Waals surface area contributed by atoms with E-state index in [-0.39, 0.29) is 18.4 Å². The largest absolute Gasteiger partial charge is 0.381 e. The maximum Gasteiger partial charge on any atom is 0.257 e. The molecule has 1 heterocycles. The summed E-state index contributed by atoms with van der Waals surface area (Å²) < 4.78 is 5.39. The normalized spacial score (nSPS) is 17.2. The van der Waals surface area contributed by atoms with Gasteiger partial charge in [0.1, 0.15) is 0 Å². The number of ether oxygens (including phenoxy) is 1.